The summed E-state index contributed by atoms with van der Waals surface area (Å²) < 4.78 is 0. The third-order valence-corrected chi connectivity index (χ3v) is 1.12. The molecule has 0 atom stereocenters. The second-order valence-electron chi connectivity index (χ2n) is 1.90. The predicted octanol–water partition coefficient (Wildman–Crippen LogP) is 0.668. The second kappa shape index (κ2) is 5.23. The van der Waals surface area contributed by atoms with Crippen LogP contribution in [0.1, 0.15) is 19.8 Å². The highest BCUT2D eigenvalue weighted by Crippen LogP contribution is 1.90. The molecule has 0 fully saturated rings. The Bertz CT molecular complexity index is 136. The van der Waals surface area contributed by atoms with Crippen LogP contribution in [0.2, 0.25) is 0 Å². The zero-order chi connectivity index (χ0) is 7.98. The molecule has 58 valence electrons. The first kappa shape index (κ1) is 9.43. The van der Waals surface area contributed by atoms with Crippen LogP contribution >= 0.6 is 11.6 Å². The number of alkyl halides is 1. The summed E-state index contributed by atoms with van der Waals surface area (Å²) in [5, 5.41) is 2.14. The van der Waals surface area contributed by atoms with Crippen LogP contribution in [0.15, 0.2) is 0 Å². The van der Waals surface area contributed by atoms with Crippen LogP contribution in [-0.4, -0.2) is 17.7 Å². The van der Waals surface area contributed by atoms with Crippen molar-refractivity contribution in [3.05, 3.63) is 0 Å². The molecule has 0 aliphatic carbocycles. The third-order valence-electron chi connectivity index (χ3n) is 0.853. The molecule has 0 saturated carbocycles. The molecule has 10 heavy (non-hydrogen) atoms. The van der Waals surface area contributed by atoms with Gasteiger partial charge in [0.1, 0.15) is 0 Å². The smallest absolute Gasteiger partial charge is 0.226 e. The largest absolute Gasteiger partial charge is 0.297 e. The average molecular weight is 164 g/mol. The molecule has 3 nitrogen and oxygen atoms in total. The molecule has 0 saturated heterocycles. The van der Waals surface area contributed by atoms with Crippen molar-refractivity contribution in [3.63, 3.8) is 0 Å². The van der Waals surface area contributed by atoms with E-state index in [4.69, 9.17) is 11.6 Å². The lowest BCUT2D eigenvalue weighted by Crippen LogP contribution is -2.27. The summed E-state index contributed by atoms with van der Waals surface area (Å²) in [7, 11) is 0. The van der Waals surface area contributed by atoms with Crippen LogP contribution in [-0.2, 0) is 9.59 Å². The first-order valence-electron chi connectivity index (χ1n) is 3.03. The van der Waals surface area contributed by atoms with E-state index in [1.165, 1.54) is 6.92 Å². The van der Waals surface area contributed by atoms with E-state index in [1.807, 2.05) is 0 Å². The van der Waals surface area contributed by atoms with Gasteiger partial charge >= 0.3 is 0 Å². The van der Waals surface area contributed by atoms with E-state index in [0.29, 0.717) is 18.7 Å². The quantitative estimate of drug-likeness (QED) is 0.622. The Morgan fingerprint density at radius 3 is 2.50 bits per heavy atom. The molecule has 4 heteroatoms. The molecule has 0 spiro atoms. The summed E-state index contributed by atoms with van der Waals surface area (Å²) in [4.78, 5) is 20.9. The molecule has 0 aromatic heterocycles. The summed E-state index contributed by atoms with van der Waals surface area (Å²) in [5.41, 5.74) is 0. The minimum absolute atomic E-state index is 0.256. The zero-order valence-electron chi connectivity index (χ0n) is 5.82. The molecule has 0 aromatic carbocycles. The molecule has 0 rings (SSSR count). The number of hydrogen-bond donors (Lipinski definition) is 1. The normalized spacial score (nSPS) is 9.00. The number of halogens is 1. The summed E-state index contributed by atoms with van der Waals surface area (Å²) in [6.07, 6.45) is 0.934. The van der Waals surface area contributed by atoms with Gasteiger partial charge in [-0.15, -0.1) is 11.6 Å². The van der Waals surface area contributed by atoms with Gasteiger partial charge in [-0.1, -0.05) is 0 Å². The van der Waals surface area contributed by atoms with E-state index in [1.54, 1.807) is 0 Å². The Morgan fingerprint density at radius 1 is 1.50 bits per heavy atom. The molecule has 0 aliphatic heterocycles. The van der Waals surface area contributed by atoms with Gasteiger partial charge in [0, 0.05) is 19.2 Å². The van der Waals surface area contributed by atoms with Crippen molar-refractivity contribution < 1.29 is 9.59 Å². The number of nitrogens with one attached hydrogen (secondary N) is 1. The van der Waals surface area contributed by atoms with E-state index in [-0.39, 0.29) is 11.8 Å². The van der Waals surface area contributed by atoms with Crippen LogP contribution in [0.4, 0.5) is 0 Å². The lowest BCUT2D eigenvalue weighted by molar-refractivity contribution is -0.129. The Labute approximate surface area is 64.7 Å². The van der Waals surface area contributed by atoms with E-state index >= 15 is 0 Å². The first-order chi connectivity index (χ1) is 4.66. The highest BCUT2D eigenvalue weighted by Gasteiger charge is 2.00. The van der Waals surface area contributed by atoms with Gasteiger partial charge in [-0.25, -0.2) is 0 Å². The van der Waals surface area contributed by atoms with Gasteiger partial charge in [-0.2, -0.15) is 0 Å². The first-order valence-corrected chi connectivity index (χ1v) is 3.56. The Kier molecular flexibility index (Phi) is 4.94. The minimum atomic E-state index is -0.320. The Morgan fingerprint density at radius 2 is 2.10 bits per heavy atom. The van der Waals surface area contributed by atoms with Gasteiger partial charge in [-0.05, 0) is 6.42 Å². The molecule has 0 radical (unpaired) electrons. The number of rotatable bonds is 3. The van der Waals surface area contributed by atoms with Crippen molar-refractivity contribution >= 4 is 23.4 Å². The maximum absolute atomic E-state index is 10.6. The molecule has 0 unspecified atom stereocenters. The van der Waals surface area contributed by atoms with E-state index < -0.39 is 0 Å². The summed E-state index contributed by atoms with van der Waals surface area (Å²) in [6, 6.07) is 0. The van der Waals surface area contributed by atoms with Crippen LogP contribution < -0.4 is 5.32 Å². The van der Waals surface area contributed by atoms with Crippen molar-refractivity contribution in [2.45, 2.75) is 19.8 Å². The van der Waals surface area contributed by atoms with Gasteiger partial charge in [0.05, 0.1) is 0 Å². The topological polar surface area (TPSA) is 46.2 Å². The standard InChI is InChI=1S/C6H10ClNO2/c1-5(9)8-6(10)3-2-4-7/h2-4H2,1H3,(H,8,9,10). The third kappa shape index (κ3) is 5.56. The fourth-order valence-corrected chi connectivity index (χ4v) is 0.620. The Hall–Kier alpha value is -0.570. The Balaban J connectivity index is 3.35. The highest BCUT2D eigenvalue weighted by molar-refractivity contribution is 6.17. The lowest BCUT2D eigenvalue weighted by atomic mass is 10.3. The molecule has 1 N–H and O–H groups in total. The fourth-order valence-electron chi connectivity index (χ4n) is 0.486. The summed E-state index contributed by atoms with van der Waals surface area (Å²) >= 11 is 5.32. The van der Waals surface area contributed by atoms with Crippen molar-refractivity contribution in [1.82, 2.24) is 5.32 Å². The highest BCUT2D eigenvalue weighted by atomic mass is 35.5. The molecule has 0 aliphatic rings. The van der Waals surface area contributed by atoms with Gasteiger partial charge < -0.3 is 0 Å². The van der Waals surface area contributed by atoms with E-state index in [0.717, 1.165) is 0 Å². The van der Waals surface area contributed by atoms with E-state index in [9.17, 15) is 9.59 Å². The molecule has 2 amide bonds. The van der Waals surface area contributed by atoms with Gasteiger partial charge in [-0.3, -0.25) is 14.9 Å². The molecule has 0 heterocycles. The fraction of sp³-hybridized carbons (Fsp3) is 0.667. The molecule has 0 bridgehead atoms. The predicted molar refractivity (Wildman–Crippen MR) is 38.8 cm³/mol. The number of amides is 2. The van der Waals surface area contributed by atoms with Crippen LogP contribution in [0, 0.1) is 0 Å². The van der Waals surface area contributed by atoms with Crippen molar-refractivity contribution in [3.8, 4) is 0 Å². The number of imide groups is 1. The summed E-state index contributed by atoms with van der Waals surface area (Å²) in [6.45, 7) is 1.30. The van der Waals surface area contributed by atoms with Crippen molar-refractivity contribution in [2.75, 3.05) is 5.88 Å². The maximum atomic E-state index is 10.6. The average Bonchev–Trinajstić information content (AvgIpc) is 1.82. The van der Waals surface area contributed by atoms with Crippen LogP contribution in [0.3, 0.4) is 0 Å². The zero-order valence-corrected chi connectivity index (χ0v) is 6.57. The van der Waals surface area contributed by atoms with Crippen molar-refractivity contribution in [2.24, 2.45) is 0 Å². The summed E-state index contributed by atoms with van der Waals surface area (Å²) in [5.74, 6) is -0.126. The van der Waals surface area contributed by atoms with Crippen LogP contribution in [0.5, 0.6) is 0 Å². The SMILES string of the molecule is CC(=O)NC(=O)CCCCl. The van der Waals surface area contributed by atoms with E-state index in [2.05, 4.69) is 5.32 Å². The number of carbonyl (C=O) groups is 2. The van der Waals surface area contributed by atoms with Gasteiger partial charge in [0.25, 0.3) is 0 Å². The van der Waals surface area contributed by atoms with Gasteiger partial charge in [0.2, 0.25) is 11.8 Å². The minimum Gasteiger partial charge on any atom is -0.297 e. The second-order valence-corrected chi connectivity index (χ2v) is 2.27. The monoisotopic (exact) mass is 163 g/mol. The van der Waals surface area contributed by atoms with Gasteiger partial charge in [0.15, 0.2) is 0 Å². The molecular formula is C6H10ClNO2. The van der Waals surface area contributed by atoms with Crippen LogP contribution in [0.25, 0.3) is 0 Å². The number of carbonyl (C=O) groups excluding carboxylic acids is 2. The lowest BCUT2D eigenvalue weighted by Gasteiger charge is -1.96. The molecule has 0 aromatic rings. The number of hydrogen-bond acceptors (Lipinski definition) is 2. The molecular weight excluding hydrogens is 154 g/mol. The maximum Gasteiger partial charge on any atom is 0.226 e. The van der Waals surface area contributed by atoms with Crippen molar-refractivity contribution in [1.29, 1.82) is 0 Å².